The lowest BCUT2D eigenvalue weighted by atomic mass is 10.2. The third kappa shape index (κ3) is 5.58. The van der Waals surface area contributed by atoms with Crippen LogP contribution in [0.2, 0.25) is 0 Å². The van der Waals surface area contributed by atoms with Crippen molar-refractivity contribution in [3.63, 3.8) is 0 Å². The minimum Gasteiger partial charge on any atom is -0.383 e. The van der Waals surface area contributed by atoms with Gasteiger partial charge in [-0.05, 0) is 37.3 Å². The lowest BCUT2D eigenvalue weighted by Gasteiger charge is -2.13. The van der Waals surface area contributed by atoms with Gasteiger partial charge in [-0.2, -0.15) is 19.3 Å². The van der Waals surface area contributed by atoms with Crippen molar-refractivity contribution in [3.05, 3.63) is 41.5 Å². The second-order valence-corrected chi connectivity index (χ2v) is 7.54. The summed E-state index contributed by atoms with van der Waals surface area (Å²) in [5, 5.41) is 20.4. The first kappa shape index (κ1) is 20.5. The van der Waals surface area contributed by atoms with Gasteiger partial charge in [-0.3, -0.25) is 4.79 Å². The summed E-state index contributed by atoms with van der Waals surface area (Å²) in [5.41, 5.74) is 6.37. The van der Waals surface area contributed by atoms with Gasteiger partial charge in [0, 0.05) is 10.6 Å². The van der Waals surface area contributed by atoms with Gasteiger partial charge in [-0.25, -0.2) is 4.98 Å². The summed E-state index contributed by atoms with van der Waals surface area (Å²) in [6.07, 6.45) is 0. The summed E-state index contributed by atoms with van der Waals surface area (Å²) in [5.74, 6) is -2.88. The highest BCUT2D eigenvalue weighted by Crippen LogP contribution is 2.29. The van der Waals surface area contributed by atoms with Crippen LogP contribution in [0.25, 0.3) is 0 Å². The van der Waals surface area contributed by atoms with Crippen molar-refractivity contribution in [2.45, 2.75) is 27.9 Å². The van der Waals surface area contributed by atoms with Gasteiger partial charge in [0.25, 0.3) is 5.76 Å². The number of carbonyl (C=O) groups is 1. The summed E-state index contributed by atoms with van der Waals surface area (Å²) in [6.45, 7) is 1.62. The number of nitrogens with two attached hydrogens (primary N) is 1. The first-order valence-corrected chi connectivity index (χ1v) is 9.23. The Morgan fingerprint density at radius 2 is 1.81 bits per heavy atom. The molecule has 0 aliphatic carbocycles. The molecule has 1 atom stereocenters. The SMILES string of the molecule is C[C@@H](Sc1nc(N)c(C#N)cc1C#N)C(=O)Nc1ccc(SC(F)F)cc1. The third-order valence-electron chi connectivity index (χ3n) is 3.26. The molecule has 3 N–H and O–H groups in total. The lowest BCUT2D eigenvalue weighted by Crippen LogP contribution is -2.22. The van der Waals surface area contributed by atoms with Crippen LogP contribution in [0.15, 0.2) is 40.3 Å². The van der Waals surface area contributed by atoms with E-state index in [0.29, 0.717) is 22.3 Å². The second-order valence-electron chi connectivity index (χ2n) is 5.15. The largest absolute Gasteiger partial charge is 0.383 e. The van der Waals surface area contributed by atoms with E-state index in [9.17, 15) is 18.8 Å². The molecule has 2 rings (SSSR count). The Bertz CT molecular complexity index is 923. The molecule has 1 aromatic heterocycles. The average Bonchev–Trinajstić information content (AvgIpc) is 2.63. The topological polar surface area (TPSA) is 116 Å². The number of hydrogen-bond donors (Lipinski definition) is 2. The predicted molar refractivity (Wildman–Crippen MR) is 100 cm³/mol. The van der Waals surface area contributed by atoms with Crippen LogP contribution in [-0.2, 0) is 4.79 Å². The molecule has 0 saturated carbocycles. The van der Waals surface area contributed by atoms with Crippen molar-refractivity contribution < 1.29 is 13.6 Å². The van der Waals surface area contributed by atoms with Gasteiger partial charge in [0.2, 0.25) is 5.91 Å². The van der Waals surface area contributed by atoms with E-state index < -0.39 is 11.0 Å². The number of nitrogen functional groups attached to an aromatic ring is 1. The number of benzene rings is 1. The molecule has 0 saturated heterocycles. The molecular formula is C17H13F2N5OS2. The van der Waals surface area contributed by atoms with Crippen LogP contribution < -0.4 is 11.1 Å². The summed E-state index contributed by atoms with van der Waals surface area (Å²) in [4.78, 5) is 16.8. The smallest absolute Gasteiger partial charge is 0.288 e. The highest BCUT2D eigenvalue weighted by atomic mass is 32.2. The third-order valence-corrected chi connectivity index (χ3v) is 5.09. The quantitative estimate of drug-likeness (QED) is 0.702. The van der Waals surface area contributed by atoms with Crippen LogP contribution >= 0.6 is 23.5 Å². The van der Waals surface area contributed by atoms with E-state index >= 15 is 0 Å². The highest BCUT2D eigenvalue weighted by Gasteiger charge is 2.19. The molecule has 0 aliphatic heterocycles. The van der Waals surface area contributed by atoms with Crippen molar-refractivity contribution in [1.82, 2.24) is 4.98 Å². The number of pyridine rings is 1. The summed E-state index contributed by atoms with van der Waals surface area (Å²) in [6, 6.07) is 11.1. The van der Waals surface area contributed by atoms with Crippen molar-refractivity contribution in [2.75, 3.05) is 11.1 Å². The first-order chi connectivity index (χ1) is 12.8. The van der Waals surface area contributed by atoms with Gasteiger partial charge in [0.1, 0.15) is 23.0 Å². The average molecular weight is 405 g/mol. The number of nitrogens with zero attached hydrogens (tertiary/aromatic N) is 3. The van der Waals surface area contributed by atoms with Crippen LogP contribution in [0.4, 0.5) is 20.3 Å². The fraction of sp³-hybridized carbons (Fsp3) is 0.176. The molecule has 0 fully saturated rings. The fourth-order valence-electron chi connectivity index (χ4n) is 1.95. The Labute approximate surface area is 162 Å². The maximum atomic E-state index is 12.3. The minimum atomic E-state index is -2.51. The monoisotopic (exact) mass is 405 g/mol. The standard InChI is InChI=1S/C17H13F2N5OS2/c1-9(26-16-11(8-21)6-10(7-20)14(22)24-16)15(25)23-12-2-4-13(5-3-12)27-17(18)19/h2-6,9,17H,1H3,(H2,22,24)(H,23,25)/t9-/m1/s1. The summed E-state index contributed by atoms with van der Waals surface area (Å²) in [7, 11) is 0. The highest BCUT2D eigenvalue weighted by molar-refractivity contribution is 8.00. The van der Waals surface area contributed by atoms with Crippen LogP contribution in [0.1, 0.15) is 18.1 Å². The number of alkyl halides is 2. The number of hydrogen-bond acceptors (Lipinski definition) is 7. The van der Waals surface area contributed by atoms with Crippen LogP contribution in [0.5, 0.6) is 0 Å². The van der Waals surface area contributed by atoms with Crippen molar-refractivity contribution in [2.24, 2.45) is 0 Å². The Morgan fingerprint density at radius 3 is 2.37 bits per heavy atom. The number of amides is 1. The molecule has 10 heteroatoms. The van der Waals surface area contributed by atoms with Crippen molar-refractivity contribution in [3.8, 4) is 12.1 Å². The van der Waals surface area contributed by atoms with Crippen LogP contribution in [0, 0.1) is 22.7 Å². The zero-order valence-electron chi connectivity index (χ0n) is 13.9. The Hall–Kier alpha value is -2.82. The molecule has 0 spiro atoms. The Kier molecular flexibility index (Phi) is 6.99. The van der Waals surface area contributed by atoms with Gasteiger partial charge >= 0.3 is 0 Å². The number of nitrogens with one attached hydrogen (secondary N) is 1. The van der Waals surface area contributed by atoms with E-state index in [1.165, 1.54) is 30.3 Å². The number of anilines is 2. The molecule has 0 unspecified atom stereocenters. The van der Waals surface area contributed by atoms with Crippen LogP contribution in [-0.4, -0.2) is 21.9 Å². The number of rotatable bonds is 6. The predicted octanol–water partition coefficient (Wildman–Crippen LogP) is 3.84. The number of aromatic nitrogens is 1. The zero-order chi connectivity index (χ0) is 20.0. The molecule has 0 aliphatic rings. The molecular weight excluding hydrogens is 392 g/mol. The van der Waals surface area contributed by atoms with Gasteiger partial charge < -0.3 is 11.1 Å². The molecule has 0 radical (unpaired) electrons. The van der Waals surface area contributed by atoms with Crippen molar-refractivity contribution in [1.29, 1.82) is 10.5 Å². The van der Waals surface area contributed by atoms with E-state index in [0.717, 1.165) is 11.8 Å². The molecule has 1 heterocycles. The van der Waals surface area contributed by atoms with E-state index in [1.54, 1.807) is 6.92 Å². The maximum absolute atomic E-state index is 12.3. The summed E-state index contributed by atoms with van der Waals surface area (Å²) >= 11 is 1.45. The van der Waals surface area contributed by atoms with Gasteiger partial charge in [-0.1, -0.05) is 23.5 Å². The number of carbonyl (C=O) groups excluding carboxylic acids is 1. The maximum Gasteiger partial charge on any atom is 0.288 e. The van der Waals surface area contributed by atoms with Gasteiger partial charge in [0.05, 0.1) is 16.4 Å². The Balaban J connectivity index is 2.07. The Morgan fingerprint density at radius 1 is 1.19 bits per heavy atom. The van der Waals surface area contributed by atoms with E-state index in [1.807, 2.05) is 12.1 Å². The normalized spacial score (nSPS) is 11.5. The number of halogens is 2. The van der Waals surface area contributed by atoms with E-state index in [4.69, 9.17) is 11.0 Å². The molecule has 138 valence electrons. The van der Waals surface area contributed by atoms with Crippen molar-refractivity contribution >= 4 is 40.9 Å². The fourth-order valence-corrected chi connectivity index (χ4v) is 3.34. The molecule has 27 heavy (non-hydrogen) atoms. The summed E-state index contributed by atoms with van der Waals surface area (Å²) < 4.78 is 24.6. The van der Waals surface area contributed by atoms with Crippen LogP contribution in [0.3, 0.4) is 0 Å². The zero-order valence-corrected chi connectivity index (χ0v) is 15.6. The molecule has 2 aromatic rings. The molecule has 1 aromatic carbocycles. The lowest BCUT2D eigenvalue weighted by molar-refractivity contribution is -0.115. The second kappa shape index (κ2) is 9.21. The first-order valence-electron chi connectivity index (χ1n) is 7.47. The van der Waals surface area contributed by atoms with E-state index in [-0.39, 0.29) is 27.9 Å². The minimum absolute atomic E-state index is 0.0151. The van der Waals surface area contributed by atoms with Gasteiger partial charge in [0.15, 0.2) is 0 Å². The molecule has 1 amide bonds. The molecule has 0 bridgehead atoms. The molecule has 6 nitrogen and oxygen atoms in total. The van der Waals surface area contributed by atoms with Gasteiger partial charge in [-0.15, -0.1) is 0 Å². The number of nitriles is 2. The number of thioether (sulfide) groups is 2. The van der Waals surface area contributed by atoms with E-state index in [2.05, 4.69) is 10.3 Å².